The van der Waals surface area contributed by atoms with Gasteiger partial charge in [-0.2, -0.15) is 0 Å². The summed E-state index contributed by atoms with van der Waals surface area (Å²) in [6.45, 7) is 0.704. The van der Waals surface area contributed by atoms with E-state index in [4.69, 9.17) is 0 Å². The normalized spacial score (nSPS) is 9.71. The molecule has 0 atom stereocenters. The zero-order chi connectivity index (χ0) is 12.8. The Hall–Kier alpha value is -1.71. The van der Waals surface area contributed by atoms with Crippen molar-refractivity contribution in [3.8, 4) is 0 Å². The quantitative estimate of drug-likeness (QED) is 0.638. The van der Waals surface area contributed by atoms with Crippen LogP contribution in [0, 0.1) is 0 Å². The van der Waals surface area contributed by atoms with Crippen LogP contribution in [0.2, 0.25) is 0 Å². The Balaban J connectivity index is 2.73. The van der Waals surface area contributed by atoms with E-state index in [1.165, 1.54) is 5.56 Å². The summed E-state index contributed by atoms with van der Waals surface area (Å²) in [6, 6.07) is 8.32. The highest BCUT2D eigenvalue weighted by atomic mass is 15.3. The first-order valence-corrected chi connectivity index (χ1v) is 5.70. The molecule has 0 radical (unpaired) electrons. The van der Waals surface area contributed by atoms with Crippen LogP contribution in [0.4, 0.5) is 5.69 Å². The summed E-state index contributed by atoms with van der Waals surface area (Å²) < 4.78 is 0. The van der Waals surface area contributed by atoms with E-state index in [1.807, 2.05) is 45.0 Å². The molecule has 0 saturated heterocycles. The van der Waals surface area contributed by atoms with Gasteiger partial charge in [-0.1, -0.05) is 12.1 Å². The van der Waals surface area contributed by atoms with Crippen LogP contribution in [-0.2, 0) is 6.54 Å². The summed E-state index contributed by atoms with van der Waals surface area (Å²) in [6.07, 6.45) is 0. The Bertz CT molecular complexity index is 356. The molecule has 17 heavy (non-hydrogen) atoms. The summed E-state index contributed by atoms with van der Waals surface area (Å²) >= 11 is 0. The van der Waals surface area contributed by atoms with Gasteiger partial charge in [0.05, 0.1) is 6.54 Å². The molecule has 0 amide bonds. The van der Waals surface area contributed by atoms with Crippen LogP contribution >= 0.6 is 0 Å². The molecule has 1 aromatic carbocycles. The van der Waals surface area contributed by atoms with Gasteiger partial charge in [-0.25, -0.2) is 4.99 Å². The van der Waals surface area contributed by atoms with Crippen molar-refractivity contribution in [1.82, 2.24) is 9.80 Å². The second kappa shape index (κ2) is 6.13. The molecule has 4 nitrogen and oxygen atoms in total. The SMILES string of the molecule is CNc1ccc(CN=C(N(C)C)N(C)C)cc1. The van der Waals surface area contributed by atoms with Gasteiger partial charge in [-0.05, 0) is 17.7 Å². The van der Waals surface area contributed by atoms with Crippen molar-refractivity contribution >= 4 is 11.6 Å². The van der Waals surface area contributed by atoms with Gasteiger partial charge in [0.2, 0.25) is 0 Å². The third kappa shape index (κ3) is 3.98. The molecule has 1 N–H and O–H groups in total. The fourth-order valence-electron chi connectivity index (χ4n) is 1.62. The molecule has 0 bridgehead atoms. The van der Waals surface area contributed by atoms with Crippen LogP contribution in [0.5, 0.6) is 0 Å². The number of hydrogen-bond acceptors (Lipinski definition) is 2. The lowest BCUT2D eigenvalue weighted by Crippen LogP contribution is -2.35. The standard InChI is InChI=1S/C13H22N4/c1-14-12-8-6-11(7-9-12)10-15-13(16(2)3)17(4)5/h6-9,14H,10H2,1-5H3. The van der Waals surface area contributed by atoms with E-state index in [-0.39, 0.29) is 0 Å². The highest BCUT2D eigenvalue weighted by Crippen LogP contribution is 2.09. The van der Waals surface area contributed by atoms with Crippen LogP contribution in [0.15, 0.2) is 29.3 Å². The fraction of sp³-hybridized carbons (Fsp3) is 0.462. The van der Waals surface area contributed by atoms with E-state index in [0.717, 1.165) is 11.6 Å². The molecule has 1 rings (SSSR count). The Morgan fingerprint density at radius 1 is 1.06 bits per heavy atom. The minimum atomic E-state index is 0.704. The van der Waals surface area contributed by atoms with Crippen molar-refractivity contribution in [1.29, 1.82) is 0 Å². The van der Waals surface area contributed by atoms with Crippen molar-refractivity contribution in [3.05, 3.63) is 29.8 Å². The van der Waals surface area contributed by atoms with Crippen molar-refractivity contribution < 1.29 is 0 Å². The van der Waals surface area contributed by atoms with E-state index >= 15 is 0 Å². The van der Waals surface area contributed by atoms with Crippen LogP contribution < -0.4 is 5.32 Å². The molecule has 94 valence electrons. The second-order valence-electron chi connectivity index (χ2n) is 4.35. The first kappa shape index (κ1) is 13.4. The lowest BCUT2D eigenvalue weighted by molar-refractivity contribution is 0.479. The van der Waals surface area contributed by atoms with Crippen molar-refractivity contribution in [2.24, 2.45) is 4.99 Å². The zero-order valence-corrected chi connectivity index (χ0v) is 11.4. The smallest absolute Gasteiger partial charge is 0.195 e. The average Bonchev–Trinajstić information content (AvgIpc) is 2.29. The Kier molecular flexibility index (Phi) is 4.82. The van der Waals surface area contributed by atoms with Gasteiger partial charge in [0.15, 0.2) is 5.96 Å². The van der Waals surface area contributed by atoms with Crippen molar-refractivity contribution in [2.75, 3.05) is 40.6 Å². The topological polar surface area (TPSA) is 30.9 Å². The van der Waals surface area contributed by atoms with Gasteiger partial charge in [0.1, 0.15) is 0 Å². The zero-order valence-electron chi connectivity index (χ0n) is 11.4. The number of nitrogens with one attached hydrogen (secondary N) is 1. The molecule has 0 heterocycles. The molecular formula is C13H22N4. The lowest BCUT2D eigenvalue weighted by atomic mass is 10.2. The molecule has 1 aromatic rings. The third-order valence-electron chi connectivity index (χ3n) is 2.45. The van der Waals surface area contributed by atoms with Crippen LogP contribution in [0.25, 0.3) is 0 Å². The summed E-state index contributed by atoms with van der Waals surface area (Å²) in [5.41, 5.74) is 2.34. The maximum absolute atomic E-state index is 4.60. The van der Waals surface area contributed by atoms with E-state index in [2.05, 4.69) is 34.6 Å². The fourth-order valence-corrected chi connectivity index (χ4v) is 1.62. The first-order chi connectivity index (χ1) is 8.04. The Labute approximate surface area is 104 Å². The largest absolute Gasteiger partial charge is 0.388 e. The van der Waals surface area contributed by atoms with Crippen molar-refractivity contribution in [3.63, 3.8) is 0 Å². The van der Waals surface area contributed by atoms with E-state index in [9.17, 15) is 0 Å². The van der Waals surface area contributed by atoms with Crippen LogP contribution in [0.1, 0.15) is 5.56 Å². The molecule has 0 unspecified atom stereocenters. The monoisotopic (exact) mass is 234 g/mol. The number of benzene rings is 1. The summed E-state index contributed by atoms with van der Waals surface area (Å²) in [5, 5.41) is 3.10. The second-order valence-corrected chi connectivity index (χ2v) is 4.35. The maximum Gasteiger partial charge on any atom is 0.195 e. The number of hydrogen-bond donors (Lipinski definition) is 1. The number of guanidine groups is 1. The highest BCUT2D eigenvalue weighted by Gasteiger charge is 2.03. The minimum absolute atomic E-state index is 0.704. The van der Waals surface area contributed by atoms with E-state index in [1.54, 1.807) is 0 Å². The van der Waals surface area contributed by atoms with Gasteiger partial charge < -0.3 is 15.1 Å². The van der Waals surface area contributed by atoms with Gasteiger partial charge in [0.25, 0.3) is 0 Å². The first-order valence-electron chi connectivity index (χ1n) is 5.70. The number of aliphatic imine (C=N–C) groups is 1. The molecule has 0 fully saturated rings. The summed E-state index contributed by atoms with van der Waals surface area (Å²) in [5.74, 6) is 0.975. The Morgan fingerprint density at radius 2 is 1.59 bits per heavy atom. The molecule has 0 aliphatic carbocycles. The molecule has 0 saturated carbocycles. The van der Waals surface area contributed by atoms with Crippen LogP contribution in [0.3, 0.4) is 0 Å². The van der Waals surface area contributed by atoms with Gasteiger partial charge >= 0.3 is 0 Å². The van der Waals surface area contributed by atoms with E-state index < -0.39 is 0 Å². The Morgan fingerprint density at radius 3 is 2.00 bits per heavy atom. The predicted octanol–water partition coefficient (Wildman–Crippen LogP) is 1.71. The highest BCUT2D eigenvalue weighted by molar-refractivity contribution is 5.79. The molecule has 0 aromatic heterocycles. The molecule has 4 heteroatoms. The molecular weight excluding hydrogens is 212 g/mol. The number of nitrogens with zero attached hydrogens (tertiary/aromatic N) is 3. The summed E-state index contributed by atoms with van der Waals surface area (Å²) in [7, 11) is 9.93. The number of rotatable bonds is 3. The third-order valence-corrected chi connectivity index (χ3v) is 2.45. The predicted molar refractivity (Wildman–Crippen MR) is 74.5 cm³/mol. The maximum atomic E-state index is 4.60. The average molecular weight is 234 g/mol. The lowest BCUT2D eigenvalue weighted by Gasteiger charge is -2.22. The summed E-state index contributed by atoms with van der Waals surface area (Å²) in [4.78, 5) is 8.63. The van der Waals surface area contributed by atoms with Gasteiger partial charge in [0, 0.05) is 40.9 Å². The molecule has 0 spiro atoms. The molecule has 0 aliphatic rings. The molecule has 0 aliphatic heterocycles. The van der Waals surface area contributed by atoms with Crippen LogP contribution in [-0.4, -0.2) is 51.0 Å². The van der Waals surface area contributed by atoms with E-state index in [0.29, 0.717) is 6.54 Å². The van der Waals surface area contributed by atoms with Crippen molar-refractivity contribution in [2.45, 2.75) is 6.54 Å². The minimum Gasteiger partial charge on any atom is -0.388 e. The van der Waals surface area contributed by atoms with Gasteiger partial charge in [-0.15, -0.1) is 0 Å². The van der Waals surface area contributed by atoms with Gasteiger partial charge in [-0.3, -0.25) is 0 Å². The number of anilines is 1.